The smallest absolute Gasteiger partial charge is 0.389 e. The third-order valence-corrected chi connectivity index (χ3v) is 7.38. The van der Waals surface area contributed by atoms with E-state index >= 15 is 4.39 Å². The van der Waals surface area contributed by atoms with Crippen LogP contribution in [-0.4, -0.2) is 69.9 Å². The van der Waals surface area contributed by atoms with Crippen molar-refractivity contribution in [2.24, 2.45) is 0 Å². The normalized spacial score (nSPS) is 22.4. The molecule has 1 aliphatic carbocycles. The molecule has 2 aromatic heterocycles. The number of alkyl halides is 4. The monoisotopic (exact) mass is 537 g/mol. The van der Waals surface area contributed by atoms with Crippen LogP contribution in [0.25, 0.3) is 0 Å². The van der Waals surface area contributed by atoms with Crippen molar-refractivity contribution in [2.75, 3.05) is 26.2 Å². The predicted molar refractivity (Wildman–Crippen MR) is 134 cm³/mol. The van der Waals surface area contributed by atoms with Crippen molar-refractivity contribution >= 4 is 5.91 Å². The lowest BCUT2D eigenvalue weighted by atomic mass is 9.81. The summed E-state index contributed by atoms with van der Waals surface area (Å²) in [5, 5.41) is 2.93. The zero-order valence-electron chi connectivity index (χ0n) is 21.7. The highest BCUT2D eigenvalue weighted by Gasteiger charge is 2.36. The van der Waals surface area contributed by atoms with Crippen molar-refractivity contribution in [1.29, 1.82) is 0 Å². The number of hydrogen-bond donors (Lipinski definition) is 1. The lowest BCUT2D eigenvalue weighted by Crippen LogP contribution is -2.44. The van der Waals surface area contributed by atoms with E-state index in [0.717, 1.165) is 29.9 Å². The van der Waals surface area contributed by atoms with Gasteiger partial charge in [-0.3, -0.25) is 14.8 Å². The van der Waals surface area contributed by atoms with Crippen molar-refractivity contribution in [3.8, 4) is 5.88 Å². The minimum absolute atomic E-state index is 0.0793. The minimum Gasteiger partial charge on any atom is -0.466 e. The van der Waals surface area contributed by atoms with Gasteiger partial charge in [0.1, 0.15) is 5.67 Å². The Kier molecular flexibility index (Phi) is 9.17. The van der Waals surface area contributed by atoms with E-state index in [2.05, 4.69) is 25.2 Å². The fourth-order valence-corrected chi connectivity index (χ4v) is 5.06. The van der Waals surface area contributed by atoms with Crippen LogP contribution in [0.3, 0.4) is 0 Å². The molecular weight excluding hydrogens is 502 g/mol. The first kappa shape index (κ1) is 28.2. The topological polar surface area (TPSA) is 80.2 Å². The summed E-state index contributed by atoms with van der Waals surface area (Å²) in [5.41, 5.74) is 1.88. The average molecular weight is 538 g/mol. The number of rotatable bonds is 9. The maximum Gasteiger partial charge on any atom is 0.389 e. The molecule has 0 unspecified atom stereocenters. The molecule has 0 saturated heterocycles. The summed E-state index contributed by atoms with van der Waals surface area (Å²) >= 11 is 0. The number of carbonyl (C=O) groups is 1. The number of halogens is 4. The summed E-state index contributed by atoms with van der Waals surface area (Å²) in [6.07, 6.45) is 1.61. The molecule has 38 heavy (non-hydrogen) atoms. The Morgan fingerprint density at radius 3 is 2.63 bits per heavy atom. The summed E-state index contributed by atoms with van der Waals surface area (Å²) < 4.78 is 58.6. The maximum atomic E-state index is 15.6. The lowest BCUT2D eigenvalue weighted by molar-refractivity contribution is -0.134. The van der Waals surface area contributed by atoms with E-state index in [4.69, 9.17) is 4.74 Å². The highest BCUT2D eigenvalue weighted by Crippen LogP contribution is 2.35. The Morgan fingerprint density at radius 2 is 1.92 bits per heavy atom. The number of aryl methyl sites for hydroxylation is 2. The van der Waals surface area contributed by atoms with Crippen LogP contribution in [0.4, 0.5) is 17.6 Å². The van der Waals surface area contributed by atoms with E-state index < -0.39 is 18.3 Å². The van der Waals surface area contributed by atoms with Gasteiger partial charge in [0, 0.05) is 49.9 Å². The van der Waals surface area contributed by atoms with E-state index in [-0.39, 0.29) is 30.9 Å². The second-order valence-corrected chi connectivity index (χ2v) is 10.4. The fraction of sp³-hybridized carbons (Fsp3) is 0.630. The number of nitrogens with one attached hydrogen (secondary N) is 1. The number of nitrogens with zero attached hydrogens (tertiary/aromatic N) is 4. The van der Waals surface area contributed by atoms with Gasteiger partial charge in [-0.15, -0.1) is 0 Å². The number of aromatic nitrogens is 3. The Balaban J connectivity index is 1.17. The molecule has 1 amide bonds. The quantitative estimate of drug-likeness (QED) is 0.481. The molecular formula is C27H35F4N5O2. The predicted octanol–water partition coefficient (Wildman–Crippen LogP) is 4.31. The molecule has 1 aliphatic heterocycles. The van der Waals surface area contributed by atoms with Crippen LogP contribution in [0.2, 0.25) is 0 Å². The number of carbonyl (C=O) groups excluding carboxylic acids is 1. The summed E-state index contributed by atoms with van der Waals surface area (Å²) in [6.45, 7) is 3.75. The Labute approximate surface area is 220 Å². The van der Waals surface area contributed by atoms with Gasteiger partial charge in [0.05, 0.1) is 18.1 Å². The first-order valence-electron chi connectivity index (χ1n) is 13.2. The molecule has 208 valence electrons. The second-order valence-electron chi connectivity index (χ2n) is 10.4. The third-order valence-electron chi connectivity index (χ3n) is 7.38. The molecule has 2 aliphatic rings. The van der Waals surface area contributed by atoms with Crippen molar-refractivity contribution < 1.29 is 27.1 Å². The van der Waals surface area contributed by atoms with Gasteiger partial charge in [0.15, 0.2) is 6.61 Å². The first-order chi connectivity index (χ1) is 18.1. The fourth-order valence-electron chi connectivity index (χ4n) is 5.06. The van der Waals surface area contributed by atoms with E-state index in [9.17, 15) is 18.0 Å². The van der Waals surface area contributed by atoms with E-state index in [1.165, 1.54) is 6.20 Å². The van der Waals surface area contributed by atoms with Crippen LogP contribution in [0.1, 0.15) is 61.2 Å². The maximum absolute atomic E-state index is 15.6. The van der Waals surface area contributed by atoms with Crippen molar-refractivity contribution in [1.82, 2.24) is 25.2 Å². The molecule has 1 fully saturated rings. The van der Waals surface area contributed by atoms with Gasteiger partial charge in [0.2, 0.25) is 5.88 Å². The summed E-state index contributed by atoms with van der Waals surface area (Å²) in [5.74, 6) is 0.0227. The van der Waals surface area contributed by atoms with Crippen LogP contribution in [-0.2, 0) is 24.1 Å². The molecule has 0 aromatic carbocycles. The molecule has 0 radical (unpaired) electrons. The van der Waals surface area contributed by atoms with Gasteiger partial charge in [-0.25, -0.2) is 9.37 Å². The largest absolute Gasteiger partial charge is 0.466 e. The molecule has 1 N–H and O–H groups in total. The average Bonchev–Trinajstić information content (AvgIpc) is 3.09. The SMILES string of the molecule is Cc1cnc(OCC(=O)N[C@H]2CC[C@](F)(CCN3CCc4ccc(CCC(F)(F)F)nc4CC3)CC2)cn1. The molecule has 1 saturated carbocycles. The molecule has 11 heteroatoms. The third kappa shape index (κ3) is 8.61. The van der Waals surface area contributed by atoms with Gasteiger partial charge in [-0.2, -0.15) is 13.2 Å². The Bertz CT molecular complexity index is 1070. The van der Waals surface area contributed by atoms with E-state index in [0.29, 0.717) is 57.3 Å². The molecule has 4 rings (SSSR count). The van der Waals surface area contributed by atoms with Gasteiger partial charge >= 0.3 is 6.18 Å². The van der Waals surface area contributed by atoms with E-state index in [1.807, 2.05) is 13.0 Å². The zero-order valence-corrected chi connectivity index (χ0v) is 21.7. The van der Waals surface area contributed by atoms with Crippen LogP contribution in [0.15, 0.2) is 24.5 Å². The summed E-state index contributed by atoms with van der Waals surface area (Å²) in [7, 11) is 0. The Morgan fingerprint density at radius 1 is 1.16 bits per heavy atom. The number of hydrogen-bond acceptors (Lipinski definition) is 6. The molecule has 0 spiro atoms. The zero-order chi connectivity index (χ0) is 27.2. The standard InChI is InChI=1S/C27H35F4N5O2/c1-19-16-33-25(17-32-19)38-18-24(37)35-22-4-9-26(28,10-5-22)12-15-36-13-7-20-2-3-21(6-11-27(29,30)31)34-23(20)8-14-36/h2-3,16-17,22H,4-15,18H2,1H3,(H,35,37)/t22-,26+. The molecule has 3 heterocycles. The number of fused-ring (bicyclic) bond motifs is 1. The summed E-state index contributed by atoms with van der Waals surface area (Å²) in [4.78, 5) is 27.1. The van der Waals surface area contributed by atoms with Gasteiger partial charge in [0.25, 0.3) is 5.91 Å². The van der Waals surface area contributed by atoms with Gasteiger partial charge in [-0.1, -0.05) is 6.07 Å². The van der Waals surface area contributed by atoms with Crippen LogP contribution < -0.4 is 10.1 Å². The molecule has 0 atom stereocenters. The van der Waals surface area contributed by atoms with Crippen molar-refractivity contribution in [2.45, 2.75) is 82.6 Å². The number of amides is 1. The van der Waals surface area contributed by atoms with Gasteiger partial charge < -0.3 is 15.0 Å². The molecule has 0 bridgehead atoms. The first-order valence-corrected chi connectivity index (χ1v) is 13.2. The molecule has 7 nitrogen and oxygen atoms in total. The minimum atomic E-state index is -4.19. The lowest BCUT2D eigenvalue weighted by Gasteiger charge is -2.35. The Hall–Kier alpha value is -2.82. The number of ether oxygens (including phenoxy) is 1. The van der Waals surface area contributed by atoms with Crippen LogP contribution >= 0.6 is 0 Å². The second kappa shape index (κ2) is 12.4. The van der Waals surface area contributed by atoms with Gasteiger partial charge in [-0.05, 0) is 63.5 Å². The van der Waals surface area contributed by atoms with E-state index in [1.54, 1.807) is 12.3 Å². The highest BCUT2D eigenvalue weighted by atomic mass is 19.4. The molecule has 2 aromatic rings. The van der Waals surface area contributed by atoms with Crippen molar-refractivity contribution in [3.63, 3.8) is 0 Å². The number of pyridine rings is 1. The van der Waals surface area contributed by atoms with Crippen LogP contribution in [0.5, 0.6) is 5.88 Å². The van der Waals surface area contributed by atoms with Crippen LogP contribution in [0, 0.1) is 6.92 Å². The van der Waals surface area contributed by atoms with Crippen molar-refractivity contribution in [3.05, 3.63) is 47.2 Å². The highest BCUT2D eigenvalue weighted by molar-refractivity contribution is 5.77. The summed E-state index contributed by atoms with van der Waals surface area (Å²) in [6, 6.07) is 3.50.